The number of hydrogen-bond donors (Lipinski definition) is 0. The summed E-state index contributed by atoms with van der Waals surface area (Å²) in [6.45, 7) is 18.2. The zero-order valence-corrected chi connectivity index (χ0v) is 33.3. The van der Waals surface area contributed by atoms with Crippen molar-refractivity contribution in [3.63, 3.8) is 0 Å². The smallest absolute Gasteiger partial charge is 0.109 e. The van der Waals surface area contributed by atoms with Gasteiger partial charge >= 0.3 is 114 Å². The predicted octanol–water partition coefficient (Wildman–Crippen LogP) is 12.5. The van der Waals surface area contributed by atoms with Crippen molar-refractivity contribution >= 4 is 49.6 Å². The zero-order valence-electron chi connectivity index (χ0n) is 28.1. The van der Waals surface area contributed by atoms with Crippen LogP contribution in [0.5, 0.6) is 0 Å². The molecule has 2 aliphatic rings. The standard InChI is InChI=1S/C21H25.C15H20.C5H5.2ClH.Hf/c1-20(2,3)16-7-9-18-14(12-16)11-15-13-17(21(4,5)6)8-10-19(15)18;1-12(2)15-9-7-14(8-10-15)11-13-5-3-4-6-13;1-2-4-5-3-1;;;/h7-13H,1-6H3;7-10,12-13H,3-6H2,1-2H3;1-3H,4H2;2*1H;/q-1;;-1;;;+2. The maximum Gasteiger partial charge on any atom is -0.109 e. The predicted molar refractivity (Wildman–Crippen MR) is 197 cm³/mol. The van der Waals surface area contributed by atoms with Gasteiger partial charge in [-0.15, -0.1) is 71.0 Å². The number of halogens is 2. The molecule has 4 aromatic carbocycles. The second-order valence-corrected chi connectivity index (χ2v) is 16.4. The Bertz CT molecular complexity index is 1470. The summed E-state index contributed by atoms with van der Waals surface area (Å²) in [5.74, 6) is 1.56. The minimum absolute atomic E-state index is 0. The summed E-state index contributed by atoms with van der Waals surface area (Å²) < 4.78 is 1.74. The van der Waals surface area contributed by atoms with Crippen LogP contribution in [-0.2, 0) is 34.7 Å². The molecule has 0 unspecified atom stereocenters. The quantitative estimate of drug-likeness (QED) is 0.143. The van der Waals surface area contributed by atoms with Crippen molar-refractivity contribution < 1.29 is 23.9 Å². The molecule has 0 nitrogen and oxygen atoms in total. The Balaban J connectivity index is 0.000000260. The Morgan fingerprint density at radius 2 is 1.27 bits per heavy atom. The van der Waals surface area contributed by atoms with Gasteiger partial charge in [-0.25, -0.2) is 12.2 Å². The topological polar surface area (TPSA) is 0 Å². The molecule has 0 spiro atoms. The van der Waals surface area contributed by atoms with Gasteiger partial charge in [0.2, 0.25) is 0 Å². The molecule has 6 rings (SSSR count). The summed E-state index contributed by atoms with van der Waals surface area (Å²) in [6.07, 6.45) is 15.8. The van der Waals surface area contributed by atoms with Crippen LogP contribution in [0, 0.1) is 12.0 Å². The van der Waals surface area contributed by atoms with Crippen LogP contribution in [0.4, 0.5) is 0 Å². The molecule has 4 aromatic rings. The molecule has 0 bridgehead atoms. The van der Waals surface area contributed by atoms with Crippen LogP contribution in [0.3, 0.4) is 0 Å². The summed E-state index contributed by atoms with van der Waals surface area (Å²) >= 11 is 1.23. The van der Waals surface area contributed by atoms with Crippen LogP contribution in [0.1, 0.15) is 116 Å². The summed E-state index contributed by atoms with van der Waals surface area (Å²) in [6, 6.07) is 25.5. The van der Waals surface area contributed by atoms with Gasteiger partial charge in [0.25, 0.3) is 0 Å². The van der Waals surface area contributed by atoms with Crippen molar-refractivity contribution in [1.82, 2.24) is 0 Å². The molecular weight excluding hydrogens is 742 g/mol. The first-order valence-electron chi connectivity index (χ1n) is 15.9. The number of fused-ring (bicyclic) bond motifs is 3. The van der Waals surface area contributed by atoms with Crippen LogP contribution in [0.15, 0.2) is 85.0 Å². The fourth-order valence-electron chi connectivity index (χ4n) is 5.79. The van der Waals surface area contributed by atoms with Gasteiger partial charge < -0.3 is 0 Å². The number of benzene rings is 3. The Morgan fingerprint density at radius 3 is 1.64 bits per heavy atom. The molecule has 44 heavy (non-hydrogen) atoms. The zero-order chi connectivity index (χ0) is 30.5. The first kappa shape index (κ1) is 38.5. The number of hydrogen-bond acceptors (Lipinski definition) is 0. The largest absolute Gasteiger partial charge is 0.273 e. The van der Waals surface area contributed by atoms with Gasteiger partial charge in [-0.05, 0) is 10.8 Å². The minimum atomic E-state index is 0. The van der Waals surface area contributed by atoms with E-state index in [0.29, 0.717) is 5.92 Å². The van der Waals surface area contributed by atoms with Gasteiger partial charge in [0.1, 0.15) is 0 Å². The average molecular weight is 794 g/mol. The summed E-state index contributed by atoms with van der Waals surface area (Å²) in [5.41, 5.74) is 6.19. The maximum absolute atomic E-state index is 2.99. The first-order chi connectivity index (χ1) is 19.8. The van der Waals surface area contributed by atoms with Gasteiger partial charge in [-0.1, -0.05) is 76.9 Å². The molecule has 0 aromatic heterocycles. The van der Waals surface area contributed by atoms with E-state index in [9.17, 15) is 0 Å². The second kappa shape index (κ2) is 16.8. The minimum Gasteiger partial charge on any atom is -0.273 e. The van der Waals surface area contributed by atoms with Gasteiger partial charge in [0.05, 0.1) is 0 Å². The Labute approximate surface area is 295 Å². The third-order valence-electron chi connectivity index (χ3n) is 8.67. The van der Waals surface area contributed by atoms with E-state index in [1.165, 1.54) is 93.4 Å². The summed E-state index contributed by atoms with van der Waals surface area (Å²) in [5, 5.41) is 5.48. The van der Waals surface area contributed by atoms with Crippen LogP contribution in [-0.4, -0.2) is 3.26 Å². The maximum atomic E-state index is 2.99. The van der Waals surface area contributed by atoms with E-state index in [-0.39, 0.29) is 35.6 Å². The van der Waals surface area contributed by atoms with Crippen LogP contribution in [0.25, 0.3) is 21.5 Å². The van der Waals surface area contributed by atoms with E-state index in [4.69, 9.17) is 0 Å². The molecular formula is C41H52Cl2Hf. The molecule has 1 saturated carbocycles. The molecule has 0 N–H and O–H groups in total. The van der Waals surface area contributed by atoms with Crippen molar-refractivity contribution in [3.8, 4) is 0 Å². The molecule has 2 aliphatic carbocycles. The normalized spacial score (nSPS) is 14.5. The molecule has 0 saturated heterocycles. The van der Waals surface area contributed by atoms with Gasteiger partial charge in [0, 0.05) is 0 Å². The van der Waals surface area contributed by atoms with E-state index < -0.39 is 0 Å². The van der Waals surface area contributed by atoms with Crippen LogP contribution in [0.2, 0.25) is 0 Å². The molecule has 0 aliphatic heterocycles. The number of rotatable bonds is 3. The molecule has 3 heteroatoms. The molecule has 0 radical (unpaired) electrons. The summed E-state index contributed by atoms with van der Waals surface area (Å²) in [4.78, 5) is 0. The first-order valence-corrected chi connectivity index (χ1v) is 17.7. The SMILES string of the molecule is CC(C)(C)c1ccc2c(c1)[cH-]c1cc(C(C)(C)C)ccc12.CC(C)c1ccc([C](=[Hf+2])C2CCCC2)cc1.Cl.Cl.[C-]1=CC=CC1. The van der Waals surface area contributed by atoms with Crippen molar-refractivity contribution in [1.29, 1.82) is 0 Å². The Kier molecular flexibility index (Phi) is 14.7. The van der Waals surface area contributed by atoms with E-state index in [0.717, 1.165) is 12.3 Å². The van der Waals surface area contributed by atoms with E-state index >= 15 is 0 Å². The van der Waals surface area contributed by atoms with Gasteiger partial charge in [0.15, 0.2) is 0 Å². The van der Waals surface area contributed by atoms with E-state index in [1.807, 2.05) is 12.2 Å². The molecule has 1 fully saturated rings. The fraction of sp³-hybridized carbons (Fsp3) is 0.415. The van der Waals surface area contributed by atoms with Crippen molar-refractivity contribution in [2.45, 2.75) is 104 Å². The third-order valence-corrected chi connectivity index (χ3v) is 11.2. The van der Waals surface area contributed by atoms with Crippen molar-refractivity contribution in [3.05, 3.63) is 113 Å². The van der Waals surface area contributed by atoms with Crippen molar-refractivity contribution in [2.75, 3.05) is 0 Å². The van der Waals surface area contributed by atoms with Gasteiger partial charge in [-0.3, -0.25) is 6.08 Å². The Morgan fingerprint density at radius 1 is 0.773 bits per heavy atom. The number of allylic oxidation sites excluding steroid dienone is 4. The fourth-order valence-corrected chi connectivity index (χ4v) is 7.43. The monoisotopic (exact) mass is 794 g/mol. The molecule has 0 amide bonds. The average Bonchev–Trinajstić information content (AvgIpc) is 3.74. The van der Waals surface area contributed by atoms with Crippen LogP contribution >= 0.6 is 24.8 Å². The Hall–Kier alpha value is -1.67. The molecule has 0 atom stereocenters. The van der Waals surface area contributed by atoms with Crippen molar-refractivity contribution in [2.24, 2.45) is 5.92 Å². The third kappa shape index (κ3) is 10.2. The van der Waals surface area contributed by atoms with E-state index in [2.05, 4.69) is 134 Å². The molecule has 0 heterocycles. The second-order valence-electron chi connectivity index (χ2n) is 14.4. The van der Waals surface area contributed by atoms with Crippen LogP contribution < -0.4 is 0 Å². The summed E-state index contributed by atoms with van der Waals surface area (Å²) in [7, 11) is 0. The van der Waals surface area contributed by atoms with Gasteiger partial charge in [-0.2, -0.15) is 6.08 Å². The van der Waals surface area contributed by atoms with E-state index in [1.54, 1.807) is 3.26 Å². The molecule has 234 valence electrons.